The smallest absolute Gasteiger partial charge is 0.261 e. The fraction of sp³-hybridized carbons (Fsp3) is 0.211. The van der Waals surface area contributed by atoms with E-state index in [0.29, 0.717) is 11.3 Å². The Kier molecular flexibility index (Phi) is 7.75. The Hall–Kier alpha value is -2.45. The Morgan fingerprint density at radius 3 is 2.48 bits per heavy atom. The van der Waals surface area contributed by atoms with Gasteiger partial charge in [0.1, 0.15) is 5.75 Å². The van der Waals surface area contributed by atoms with Crippen LogP contribution in [-0.4, -0.2) is 23.0 Å². The van der Waals surface area contributed by atoms with Gasteiger partial charge in [-0.15, -0.1) is 0 Å². The van der Waals surface area contributed by atoms with Crippen molar-refractivity contribution < 1.29 is 14.3 Å². The Balaban J connectivity index is 1.91. The molecule has 0 atom stereocenters. The first-order valence-corrected chi connectivity index (χ1v) is 9.45. The van der Waals surface area contributed by atoms with Crippen LogP contribution in [0.5, 0.6) is 5.75 Å². The Morgan fingerprint density at radius 1 is 1.11 bits per heavy atom. The summed E-state index contributed by atoms with van der Waals surface area (Å²) >= 11 is 8.40. The van der Waals surface area contributed by atoms with Crippen molar-refractivity contribution in [2.45, 2.75) is 26.4 Å². The lowest BCUT2D eigenvalue weighted by atomic mass is 10.1. The third-order valence-corrected chi connectivity index (χ3v) is 4.00. The second-order valence-corrected chi connectivity index (χ2v) is 7.25. The van der Waals surface area contributed by atoms with E-state index in [9.17, 15) is 9.59 Å². The molecule has 2 amide bonds. The largest absolute Gasteiger partial charge is 0.490 e. The molecule has 0 bridgehead atoms. The van der Waals surface area contributed by atoms with Gasteiger partial charge in [-0.3, -0.25) is 25.8 Å². The molecule has 142 valence electrons. The fourth-order valence-corrected chi connectivity index (χ4v) is 2.69. The number of nitrogens with one attached hydrogen (secondary N) is 3. The van der Waals surface area contributed by atoms with Crippen molar-refractivity contribution in [3.63, 3.8) is 0 Å². The molecule has 0 radical (unpaired) electrons. The lowest BCUT2D eigenvalue weighted by Gasteiger charge is -2.15. The highest BCUT2D eigenvalue weighted by atomic mass is 79.9. The van der Waals surface area contributed by atoms with E-state index in [4.69, 9.17) is 17.0 Å². The molecule has 2 rings (SSSR count). The van der Waals surface area contributed by atoms with Crippen LogP contribution >= 0.6 is 28.1 Å². The zero-order valence-corrected chi connectivity index (χ0v) is 17.3. The summed E-state index contributed by atoms with van der Waals surface area (Å²) in [7, 11) is 0. The lowest BCUT2D eigenvalue weighted by molar-refractivity contribution is -0.121. The summed E-state index contributed by atoms with van der Waals surface area (Å²) in [5.41, 5.74) is 6.19. The highest BCUT2D eigenvalue weighted by molar-refractivity contribution is 9.10. The first-order chi connectivity index (χ1) is 12.8. The van der Waals surface area contributed by atoms with Crippen LogP contribution in [0.2, 0.25) is 0 Å². The first kappa shape index (κ1) is 20.9. The zero-order valence-electron chi connectivity index (χ0n) is 14.9. The number of amides is 2. The van der Waals surface area contributed by atoms with Crippen molar-refractivity contribution >= 4 is 45.1 Å². The van der Waals surface area contributed by atoms with Gasteiger partial charge in [0.15, 0.2) is 5.11 Å². The van der Waals surface area contributed by atoms with Gasteiger partial charge in [0.2, 0.25) is 5.91 Å². The van der Waals surface area contributed by atoms with Gasteiger partial charge in [-0.2, -0.15) is 0 Å². The number of carbonyl (C=O) groups excluding carboxylic acids is 2. The molecule has 2 aromatic carbocycles. The van der Waals surface area contributed by atoms with Crippen LogP contribution in [-0.2, 0) is 11.2 Å². The SMILES string of the molecule is CC(C)Oc1ccc(Br)cc1C(=O)NC(=S)NNC(=O)Cc1ccccc1. The number of hydrogen-bond acceptors (Lipinski definition) is 4. The highest BCUT2D eigenvalue weighted by Gasteiger charge is 2.16. The van der Waals surface area contributed by atoms with Crippen LogP contribution in [0.1, 0.15) is 29.8 Å². The van der Waals surface area contributed by atoms with E-state index in [-0.39, 0.29) is 23.5 Å². The zero-order chi connectivity index (χ0) is 19.8. The van der Waals surface area contributed by atoms with Crippen LogP contribution in [0.15, 0.2) is 53.0 Å². The molecule has 0 aromatic heterocycles. The van der Waals surface area contributed by atoms with Crippen molar-refractivity contribution in [2.75, 3.05) is 0 Å². The third-order valence-electron chi connectivity index (χ3n) is 3.30. The van der Waals surface area contributed by atoms with Gasteiger partial charge in [0, 0.05) is 4.47 Å². The van der Waals surface area contributed by atoms with E-state index in [2.05, 4.69) is 32.1 Å². The lowest BCUT2D eigenvalue weighted by Crippen LogP contribution is -2.48. The predicted octanol–water partition coefficient (Wildman–Crippen LogP) is 3.11. The number of carbonyl (C=O) groups is 2. The maximum absolute atomic E-state index is 12.5. The number of hydrogen-bond donors (Lipinski definition) is 3. The number of halogens is 1. The average molecular weight is 450 g/mol. The minimum atomic E-state index is -0.443. The summed E-state index contributed by atoms with van der Waals surface area (Å²) < 4.78 is 6.39. The van der Waals surface area contributed by atoms with Gasteiger partial charge in [-0.25, -0.2) is 0 Å². The second kappa shape index (κ2) is 10.0. The predicted molar refractivity (Wildman–Crippen MR) is 111 cm³/mol. The third kappa shape index (κ3) is 6.99. The molecular formula is C19H20BrN3O3S. The molecule has 0 aliphatic carbocycles. The molecule has 0 aliphatic rings. The molecule has 27 heavy (non-hydrogen) atoms. The van der Waals surface area contributed by atoms with Crippen LogP contribution in [0.3, 0.4) is 0 Å². The van der Waals surface area contributed by atoms with Crippen molar-refractivity contribution in [3.8, 4) is 5.75 Å². The molecule has 2 aromatic rings. The van der Waals surface area contributed by atoms with Gasteiger partial charge in [0.05, 0.1) is 18.1 Å². The molecule has 3 N–H and O–H groups in total. The van der Waals surface area contributed by atoms with E-state index in [0.717, 1.165) is 10.0 Å². The molecule has 0 fully saturated rings. The summed E-state index contributed by atoms with van der Waals surface area (Å²) in [6, 6.07) is 14.4. The standard InChI is InChI=1S/C19H20BrN3O3S/c1-12(2)26-16-9-8-14(20)11-15(16)18(25)21-19(27)23-22-17(24)10-13-6-4-3-5-7-13/h3-9,11-12H,10H2,1-2H3,(H,22,24)(H2,21,23,25,27). The van der Waals surface area contributed by atoms with E-state index in [1.54, 1.807) is 18.2 Å². The van der Waals surface area contributed by atoms with Gasteiger partial charge >= 0.3 is 0 Å². The quantitative estimate of drug-likeness (QED) is 0.482. The van der Waals surface area contributed by atoms with Crippen LogP contribution in [0, 0.1) is 0 Å². The molecule has 0 unspecified atom stereocenters. The Bertz CT molecular complexity index is 828. The van der Waals surface area contributed by atoms with E-state index in [1.165, 1.54) is 0 Å². The molecule has 8 heteroatoms. The molecule has 6 nitrogen and oxygen atoms in total. The van der Waals surface area contributed by atoms with Gasteiger partial charge < -0.3 is 4.74 Å². The monoisotopic (exact) mass is 449 g/mol. The maximum Gasteiger partial charge on any atom is 0.261 e. The van der Waals surface area contributed by atoms with E-state index in [1.807, 2.05) is 44.2 Å². The summed E-state index contributed by atoms with van der Waals surface area (Å²) in [5, 5.41) is 2.51. The Labute approximate surface area is 171 Å². The molecule has 0 saturated carbocycles. The minimum Gasteiger partial charge on any atom is -0.490 e. The van der Waals surface area contributed by atoms with Gasteiger partial charge in [0.25, 0.3) is 5.91 Å². The number of rotatable bonds is 5. The molecular weight excluding hydrogens is 430 g/mol. The molecule has 0 saturated heterocycles. The molecule has 0 spiro atoms. The maximum atomic E-state index is 12.5. The van der Waals surface area contributed by atoms with Gasteiger partial charge in [-0.1, -0.05) is 46.3 Å². The number of benzene rings is 2. The minimum absolute atomic E-state index is 0.0168. The summed E-state index contributed by atoms with van der Waals surface area (Å²) in [4.78, 5) is 24.4. The van der Waals surface area contributed by atoms with Crippen LogP contribution < -0.4 is 20.9 Å². The van der Waals surface area contributed by atoms with Crippen molar-refractivity contribution in [1.82, 2.24) is 16.2 Å². The average Bonchev–Trinajstić information content (AvgIpc) is 2.62. The Morgan fingerprint density at radius 2 is 1.81 bits per heavy atom. The van der Waals surface area contributed by atoms with Crippen molar-refractivity contribution in [2.24, 2.45) is 0 Å². The van der Waals surface area contributed by atoms with Crippen molar-refractivity contribution in [3.05, 3.63) is 64.1 Å². The highest BCUT2D eigenvalue weighted by Crippen LogP contribution is 2.24. The van der Waals surface area contributed by atoms with Crippen molar-refractivity contribution in [1.29, 1.82) is 0 Å². The number of thiocarbonyl (C=S) groups is 1. The molecule has 0 heterocycles. The normalized spacial score (nSPS) is 10.2. The van der Waals surface area contributed by atoms with E-state index >= 15 is 0 Å². The number of hydrazine groups is 1. The second-order valence-electron chi connectivity index (χ2n) is 5.93. The van der Waals surface area contributed by atoms with Crippen LogP contribution in [0.25, 0.3) is 0 Å². The first-order valence-electron chi connectivity index (χ1n) is 8.25. The van der Waals surface area contributed by atoms with Crippen LogP contribution in [0.4, 0.5) is 0 Å². The fourth-order valence-electron chi connectivity index (χ4n) is 2.19. The van der Waals surface area contributed by atoms with E-state index < -0.39 is 5.91 Å². The van der Waals surface area contributed by atoms with Gasteiger partial charge in [-0.05, 0) is 49.8 Å². The summed E-state index contributed by atoms with van der Waals surface area (Å²) in [5.74, 6) is -0.271. The summed E-state index contributed by atoms with van der Waals surface area (Å²) in [6.45, 7) is 3.75. The topological polar surface area (TPSA) is 79.5 Å². The summed E-state index contributed by atoms with van der Waals surface area (Å²) in [6.07, 6.45) is 0.114. The number of ether oxygens (including phenoxy) is 1. The molecule has 0 aliphatic heterocycles.